The number of hydrogen-bond donors (Lipinski definition) is 0. The molecular weight excluding hydrogens is 1660 g/mol. The third kappa shape index (κ3) is 11.8. The van der Waals surface area contributed by atoms with E-state index in [0.717, 1.165) is 0 Å². The van der Waals surface area contributed by atoms with Gasteiger partial charge in [0, 0.05) is 60.5 Å². The summed E-state index contributed by atoms with van der Waals surface area (Å²) in [6.45, 7) is 0. The van der Waals surface area contributed by atoms with Crippen molar-refractivity contribution in [1.82, 2.24) is 0 Å². The van der Waals surface area contributed by atoms with Gasteiger partial charge in [0.05, 0.1) is 0 Å². The molecular formula is C130H76S3. The van der Waals surface area contributed by atoms with E-state index in [-0.39, 0.29) is 0 Å². The van der Waals surface area contributed by atoms with E-state index in [1.165, 1.54) is 291 Å². The Kier molecular flexibility index (Phi) is 17.2. The maximum atomic E-state index is 2.54. The molecule has 133 heavy (non-hydrogen) atoms. The predicted molar refractivity (Wildman–Crippen MR) is 580 cm³/mol. The van der Waals surface area contributed by atoms with Crippen molar-refractivity contribution < 1.29 is 0 Å². The molecule has 0 aliphatic rings. The van der Waals surface area contributed by atoms with E-state index in [4.69, 9.17) is 0 Å². The Morgan fingerprint density at radius 2 is 0.376 bits per heavy atom. The van der Waals surface area contributed by atoms with Crippen LogP contribution in [0.4, 0.5) is 0 Å². The molecule has 0 aliphatic heterocycles. The highest BCUT2D eigenvalue weighted by Gasteiger charge is 2.28. The first-order valence-corrected chi connectivity index (χ1v) is 48.3. The van der Waals surface area contributed by atoms with Crippen LogP contribution in [0.2, 0.25) is 0 Å². The number of hydrogen-bond acceptors (Lipinski definition) is 3. The average molecular weight is 1730 g/mol. The van der Waals surface area contributed by atoms with Gasteiger partial charge in [0.15, 0.2) is 0 Å². The smallest absolute Gasteiger partial charge is 0.0361 e. The third-order valence-electron chi connectivity index (χ3n) is 28.6. The summed E-state index contributed by atoms with van der Waals surface area (Å²) in [6, 6.07) is 175. The lowest BCUT2D eigenvalue weighted by Gasteiger charge is -2.22. The van der Waals surface area contributed by atoms with Crippen LogP contribution in [0, 0.1) is 0 Å². The van der Waals surface area contributed by atoms with Gasteiger partial charge in [-0.15, -0.1) is 34.0 Å². The van der Waals surface area contributed by atoms with Gasteiger partial charge < -0.3 is 0 Å². The minimum Gasteiger partial charge on any atom is -0.135 e. The lowest BCUT2D eigenvalue weighted by atomic mass is 9.81. The Bertz CT molecular complexity index is 9840. The molecule has 3 aromatic heterocycles. The van der Waals surface area contributed by atoms with E-state index in [9.17, 15) is 0 Å². The largest absolute Gasteiger partial charge is 0.135 e. The molecule has 0 unspecified atom stereocenters. The second kappa shape index (κ2) is 30.2. The summed E-state index contributed by atoms with van der Waals surface area (Å²) < 4.78 is 7.81. The monoisotopic (exact) mass is 1730 g/mol. The van der Waals surface area contributed by atoms with Crippen molar-refractivity contribution >= 4 is 202 Å². The van der Waals surface area contributed by atoms with Crippen molar-refractivity contribution in [2.45, 2.75) is 0 Å². The van der Waals surface area contributed by atoms with Crippen LogP contribution in [0.15, 0.2) is 461 Å². The summed E-state index contributed by atoms with van der Waals surface area (Å²) in [4.78, 5) is 0. The molecule has 0 amide bonds. The summed E-state index contributed by atoms with van der Waals surface area (Å²) in [6.07, 6.45) is 0. The van der Waals surface area contributed by atoms with Gasteiger partial charge in [0.25, 0.3) is 0 Å². The van der Waals surface area contributed by atoms with Crippen molar-refractivity contribution in [3.05, 3.63) is 461 Å². The SMILES string of the molecule is c1ccc(-c2c3ccccc3c(-c3ccc(-c4ccc(-c5c6ccccc6c(-c6ccc(-c7cccc8cc(-c9c%10ccccc%10c(-c%10ccc%11ccccc%11c%10)c%10ccc(-c%11cccc%12sc%13ccccc%13c%11%12)cc9%10)ccc78)c7ccccc67)c6ccc(-c7cccc8sc9ccccc9c78)cc56)c5ccccc45)cc3)c3ccc(-c4cccc5sc6ccccc6c45)cc23)cc1. The van der Waals surface area contributed by atoms with Crippen LogP contribution in [0.5, 0.6) is 0 Å². The van der Waals surface area contributed by atoms with Gasteiger partial charge >= 0.3 is 0 Å². The first kappa shape index (κ1) is 75.7. The Labute approximate surface area is 779 Å². The van der Waals surface area contributed by atoms with E-state index in [1.807, 2.05) is 34.0 Å². The van der Waals surface area contributed by atoms with Crippen molar-refractivity contribution in [2.24, 2.45) is 0 Å². The molecule has 0 spiro atoms. The van der Waals surface area contributed by atoms with Crippen molar-refractivity contribution in [3.63, 3.8) is 0 Å². The molecule has 28 aromatic rings. The second-order valence-electron chi connectivity index (χ2n) is 35.7. The van der Waals surface area contributed by atoms with Crippen LogP contribution in [0.1, 0.15) is 0 Å². The molecule has 0 atom stereocenters. The number of fused-ring (bicyclic) bond motifs is 19. The molecule has 0 aliphatic carbocycles. The molecule has 28 rings (SSSR count). The minimum atomic E-state index is 1.17. The van der Waals surface area contributed by atoms with Crippen molar-refractivity contribution in [1.29, 1.82) is 0 Å². The average Bonchev–Trinajstić information content (AvgIpc) is 1.42. The molecule has 0 fully saturated rings. The van der Waals surface area contributed by atoms with Gasteiger partial charge in [-0.1, -0.05) is 394 Å². The Morgan fingerprint density at radius 3 is 0.872 bits per heavy atom. The van der Waals surface area contributed by atoms with Gasteiger partial charge in [0.1, 0.15) is 0 Å². The summed E-state index contributed by atoms with van der Waals surface area (Å²) in [5, 5.41) is 32.2. The van der Waals surface area contributed by atoms with E-state index in [1.54, 1.807) is 0 Å². The first-order valence-electron chi connectivity index (χ1n) is 45.9. The van der Waals surface area contributed by atoms with Gasteiger partial charge in [0.2, 0.25) is 0 Å². The van der Waals surface area contributed by atoms with Crippen LogP contribution in [0.25, 0.3) is 291 Å². The zero-order chi connectivity index (χ0) is 87.0. The highest BCUT2D eigenvalue weighted by molar-refractivity contribution is 7.26. The number of thiophene rings is 3. The van der Waals surface area contributed by atoms with Crippen molar-refractivity contribution in [2.75, 3.05) is 0 Å². The number of rotatable bonds is 11. The molecule has 614 valence electrons. The van der Waals surface area contributed by atoms with E-state index in [0.29, 0.717) is 0 Å². The molecule has 0 saturated carbocycles. The molecule has 0 bridgehead atoms. The zero-order valence-corrected chi connectivity index (χ0v) is 74.6. The summed E-state index contributed by atoms with van der Waals surface area (Å²) >= 11 is 5.63. The summed E-state index contributed by atoms with van der Waals surface area (Å²) in [5.74, 6) is 0. The van der Waals surface area contributed by atoms with E-state index in [2.05, 4.69) is 461 Å². The minimum absolute atomic E-state index is 1.17. The van der Waals surface area contributed by atoms with Gasteiger partial charge in [-0.3, -0.25) is 0 Å². The second-order valence-corrected chi connectivity index (χ2v) is 38.9. The van der Waals surface area contributed by atoms with E-state index < -0.39 is 0 Å². The quantitative estimate of drug-likeness (QED) is 0.113. The molecule has 3 heterocycles. The lowest BCUT2D eigenvalue weighted by molar-refractivity contribution is 1.62. The molecule has 0 saturated heterocycles. The fraction of sp³-hybridized carbons (Fsp3) is 0. The Hall–Kier alpha value is -16.2. The molecule has 0 N–H and O–H groups in total. The van der Waals surface area contributed by atoms with Crippen LogP contribution in [-0.4, -0.2) is 0 Å². The summed E-state index contributed by atoms with van der Waals surface area (Å²) in [7, 11) is 0. The molecule has 0 nitrogen and oxygen atoms in total. The summed E-state index contributed by atoms with van der Waals surface area (Å²) in [5.41, 5.74) is 26.7. The highest BCUT2D eigenvalue weighted by Crippen LogP contribution is 2.55. The maximum Gasteiger partial charge on any atom is 0.0361 e. The van der Waals surface area contributed by atoms with Gasteiger partial charge in [-0.05, 0) is 297 Å². The topological polar surface area (TPSA) is 0 Å². The molecule has 3 heteroatoms. The zero-order valence-electron chi connectivity index (χ0n) is 72.1. The van der Waals surface area contributed by atoms with Crippen molar-refractivity contribution in [3.8, 4) is 122 Å². The lowest BCUT2D eigenvalue weighted by Crippen LogP contribution is -1.95. The fourth-order valence-electron chi connectivity index (χ4n) is 22.9. The van der Waals surface area contributed by atoms with Gasteiger partial charge in [-0.2, -0.15) is 0 Å². The van der Waals surface area contributed by atoms with E-state index >= 15 is 0 Å². The Morgan fingerprint density at radius 1 is 0.105 bits per heavy atom. The highest BCUT2D eigenvalue weighted by atomic mass is 32.1. The van der Waals surface area contributed by atoms with Crippen LogP contribution in [-0.2, 0) is 0 Å². The fourth-order valence-corrected chi connectivity index (χ4v) is 26.3. The standard InChI is InChI=1S/C130H76S3/c1-2-27-79(28-3-1)123-100-36-11-10-35-99(100)122(107-65-60-83(74-113(107)123)90-44-23-51-119-128(90)110-41-16-19-48-116(110)131-119)80-57-55-78(56-58-80)88-68-70-106(96-33-8-6-31-93(88)96)127-104-40-15-14-39-103(104)126(109-67-62-85(76-115(109)127)92-46-25-53-121-130(92)112-43-18-21-50-118(112)133-121)105-71-69-98(95-32-7-9-34-97(95)105)94-47-22-30-82-73-87(63-64-89(82)94)125-102-38-13-12-37-101(102)124(86-59-54-77-26-4-5-29-81(77)72-86)108-66-61-84(75-114(108)125)91-45-24-52-120-129(91)111-42-17-20-49-117(111)132-120/h1-76H. The van der Waals surface area contributed by atoms with Crippen LogP contribution < -0.4 is 0 Å². The number of benzene rings is 25. The van der Waals surface area contributed by atoms with Crippen LogP contribution >= 0.6 is 34.0 Å². The third-order valence-corrected chi connectivity index (χ3v) is 32.1. The first-order chi connectivity index (χ1) is 66.0. The Balaban J connectivity index is 0.600. The van der Waals surface area contributed by atoms with Crippen LogP contribution in [0.3, 0.4) is 0 Å². The molecule has 0 radical (unpaired) electrons. The molecule has 25 aromatic carbocycles. The van der Waals surface area contributed by atoms with Gasteiger partial charge in [-0.25, -0.2) is 0 Å². The normalized spacial score (nSPS) is 12.1. The maximum absolute atomic E-state index is 2.54. The predicted octanol–water partition coefficient (Wildman–Crippen LogP) is 38.7.